The summed E-state index contributed by atoms with van der Waals surface area (Å²) in [6.45, 7) is 8.26. The Bertz CT molecular complexity index is 397. The highest BCUT2D eigenvalue weighted by molar-refractivity contribution is 5.93. The van der Waals surface area contributed by atoms with E-state index in [1.165, 1.54) is 13.0 Å². The topological polar surface area (TPSA) is 38.1 Å². The van der Waals surface area contributed by atoms with Crippen molar-refractivity contribution < 1.29 is 4.79 Å². The smallest absolute Gasteiger partial charge is 0.162 e. The van der Waals surface area contributed by atoms with Crippen LogP contribution in [-0.4, -0.2) is 39.6 Å². The predicted octanol–water partition coefficient (Wildman–Crippen LogP) is 2.13. The molecule has 2 heterocycles. The Hall–Kier alpha value is -1.16. The molecule has 1 aromatic heterocycles. The van der Waals surface area contributed by atoms with Gasteiger partial charge in [0, 0.05) is 18.8 Å². The van der Waals surface area contributed by atoms with E-state index in [0.717, 1.165) is 13.0 Å². The highest BCUT2D eigenvalue weighted by atomic mass is 16.1. The van der Waals surface area contributed by atoms with Gasteiger partial charge in [-0.1, -0.05) is 0 Å². The van der Waals surface area contributed by atoms with Crippen LogP contribution < -0.4 is 0 Å². The second kappa shape index (κ2) is 5.00. The molecule has 0 aromatic carbocycles. The molecule has 1 unspecified atom stereocenters. The minimum Gasteiger partial charge on any atom is -0.299 e. The second-order valence-electron chi connectivity index (χ2n) is 5.15. The molecule has 0 radical (unpaired) electrons. The molecule has 1 saturated heterocycles. The molecule has 1 fully saturated rings. The van der Waals surface area contributed by atoms with E-state index in [1.807, 2.05) is 10.9 Å². The van der Waals surface area contributed by atoms with Crippen molar-refractivity contribution in [3.05, 3.63) is 18.0 Å². The van der Waals surface area contributed by atoms with Crippen LogP contribution in [0, 0.1) is 0 Å². The predicted molar refractivity (Wildman–Crippen MR) is 67.2 cm³/mol. The zero-order chi connectivity index (χ0) is 12.4. The Morgan fingerprint density at radius 2 is 2.29 bits per heavy atom. The Labute approximate surface area is 103 Å². The molecule has 0 amide bonds. The molecule has 4 heteroatoms. The van der Waals surface area contributed by atoms with Gasteiger partial charge in [0.2, 0.25) is 0 Å². The van der Waals surface area contributed by atoms with Crippen LogP contribution in [0.4, 0.5) is 0 Å². The number of nitrogens with zero attached hydrogens (tertiary/aromatic N) is 3. The third-order valence-electron chi connectivity index (χ3n) is 3.54. The first-order valence-corrected chi connectivity index (χ1v) is 6.37. The lowest BCUT2D eigenvalue weighted by molar-refractivity contribution is 0.101. The zero-order valence-electron chi connectivity index (χ0n) is 10.9. The highest BCUT2D eigenvalue weighted by Gasteiger charge is 2.23. The van der Waals surface area contributed by atoms with Gasteiger partial charge in [0.1, 0.15) is 0 Å². The van der Waals surface area contributed by atoms with E-state index < -0.39 is 0 Å². The van der Waals surface area contributed by atoms with Gasteiger partial charge in [-0.3, -0.25) is 14.4 Å². The van der Waals surface area contributed by atoms with Gasteiger partial charge in [-0.05, 0) is 40.2 Å². The minimum absolute atomic E-state index is 0.0905. The molecule has 1 aliphatic rings. The van der Waals surface area contributed by atoms with Crippen molar-refractivity contribution >= 4 is 5.78 Å². The number of hydrogen-bond donors (Lipinski definition) is 0. The fourth-order valence-electron chi connectivity index (χ4n) is 2.39. The van der Waals surface area contributed by atoms with Crippen LogP contribution in [-0.2, 0) is 0 Å². The first kappa shape index (κ1) is 12.3. The fraction of sp³-hybridized carbons (Fsp3) is 0.692. The molecule has 2 rings (SSSR count). The molecule has 0 aliphatic carbocycles. The van der Waals surface area contributed by atoms with Gasteiger partial charge in [0.15, 0.2) is 5.78 Å². The molecule has 17 heavy (non-hydrogen) atoms. The van der Waals surface area contributed by atoms with E-state index in [1.54, 1.807) is 13.1 Å². The maximum atomic E-state index is 11.3. The Kier molecular flexibility index (Phi) is 3.62. The Morgan fingerprint density at radius 3 is 2.88 bits per heavy atom. The number of ketones is 1. The molecule has 0 saturated carbocycles. The van der Waals surface area contributed by atoms with E-state index in [4.69, 9.17) is 0 Å². The Morgan fingerprint density at radius 1 is 1.53 bits per heavy atom. The van der Waals surface area contributed by atoms with Crippen LogP contribution in [0.1, 0.15) is 50.0 Å². The standard InChI is InChI=1S/C13H21N3O/c1-10(2)15-6-4-5-13(9-15)16-8-12(7-14-16)11(3)17/h7-8,10,13H,4-6,9H2,1-3H3. The summed E-state index contributed by atoms with van der Waals surface area (Å²) >= 11 is 0. The van der Waals surface area contributed by atoms with E-state index in [9.17, 15) is 4.79 Å². The number of piperidine rings is 1. The largest absolute Gasteiger partial charge is 0.299 e. The van der Waals surface area contributed by atoms with E-state index in [0.29, 0.717) is 17.6 Å². The van der Waals surface area contributed by atoms with Crippen molar-refractivity contribution in [1.29, 1.82) is 0 Å². The average Bonchev–Trinajstić information content (AvgIpc) is 2.78. The summed E-state index contributed by atoms with van der Waals surface area (Å²) in [6, 6.07) is 1.000. The molecule has 0 bridgehead atoms. The van der Waals surface area contributed by atoms with Gasteiger partial charge in [-0.25, -0.2) is 0 Å². The number of carbonyl (C=O) groups excluding carboxylic acids is 1. The maximum Gasteiger partial charge on any atom is 0.162 e. The summed E-state index contributed by atoms with van der Waals surface area (Å²) in [4.78, 5) is 13.7. The molecule has 94 valence electrons. The van der Waals surface area contributed by atoms with Crippen molar-refractivity contribution in [2.45, 2.75) is 45.7 Å². The number of likely N-dealkylation sites (tertiary alicyclic amines) is 1. The summed E-state index contributed by atoms with van der Waals surface area (Å²) < 4.78 is 1.96. The summed E-state index contributed by atoms with van der Waals surface area (Å²) in [7, 11) is 0. The molecule has 1 aromatic rings. The van der Waals surface area contributed by atoms with E-state index >= 15 is 0 Å². The van der Waals surface area contributed by atoms with Crippen molar-refractivity contribution in [3.63, 3.8) is 0 Å². The van der Waals surface area contributed by atoms with Crippen LogP contribution in [0.2, 0.25) is 0 Å². The summed E-state index contributed by atoms with van der Waals surface area (Å²) in [5.74, 6) is 0.0905. The lowest BCUT2D eigenvalue weighted by atomic mass is 10.0. The summed E-state index contributed by atoms with van der Waals surface area (Å²) in [5.41, 5.74) is 0.715. The van der Waals surface area contributed by atoms with Gasteiger partial charge < -0.3 is 0 Å². The third kappa shape index (κ3) is 2.75. The summed E-state index contributed by atoms with van der Waals surface area (Å²) in [6.07, 6.45) is 5.92. The van der Waals surface area contributed by atoms with Crippen molar-refractivity contribution in [2.75, 3.05) is 13.1 Å². The maximum absolute atomic E-state index is 11.3. The first-order chi connectivity index (χ1) is 8.08. The lowest BCUT2D eigenvalue weighted by Crippen LogP contribution is -2.40. The van der Waals surface area contributed by atoms with E-state index in [-0.39, 0.29) is 5.78 Å². The van der Waals surface area contributed by atoms with Crippen LogP contribution in [0.25, 0.3) is 0 Å². The van der Waals surface area contributed by atoms with E-state index in [2.05, 4.69) is 23.8 Å². The van der Waals surface area contributed by atoms with Gasteiger partial charge in [-0.2, -0.15) is 5.10 Å². The molecular formula is C13H21N3O. The first-order valence-electron chi connectivity index (χ1n) is 6.37. The highest BCUT2D eigenvalue weighted by Crippen LogP contribution is 2.22. The van der Waals surface area contributed by atoms with Gasteiger partial charge in [0.25, 0.3) is 0 Å². The number of carbonyl (C=O) groups is 1. The normalized spacial score (nSPS) is 22.0. The lowest BCUT2D eigenvalue weighted by Gasteiger charge is -2.35. The number of aromatic nitrogens is 2. The van der Waals surface area contributed by atoms with Crippen molar-refractivity contribution in [3.8, 4) is 0 Å². The SMILES string of the molecule is CC(=O)c1cnn(C2CCCN(C(C)C)C2)c1. The van der Waals surface area contributed by atoms with Crippen molar-refractivity contribution in [2.24, 2.45) is 0 Å². The van der Waals surface area contributed by atoms with Gasteiger partial charge >= 0.3 is 0 Å². The minimum atomic E-state index is 0.0905. The second-order valence-corrected chi connectivity index (χ2v) is 5.15. The van der Waals surface area contributed by atoms with Crippen LogP contribution in [0.5, 0.6) is 0 Å². The molecular weight excluding hydrogens is 214 g/mol. The van der Waals surface area contributed by atoms with Crippen LogP contribution in [0.3, 0.4) is 0 Å². The van der Waals surface area contributed by atoms with Crippen molar-refractivity contribution in [1.82, 2.24) is 14.7 Å². The number of rotatable bonds is 3. The molecule has 0 spiro atoms. The van der Waals surface area contributed by atoms with Gasteiger partial charge in [0.05, 0.1) is 17.8 Å². The van der Waals surface area contributed by atoms with Gasteiger partial charge in [-0.15, -0.1) is 0 Å². The molecule has 1 aliphatic heterocycles. The summed E-state index contributed by atoms with van der Waals surface area (Å²) in [5, 5.41) is 4.32. The monoisotopic (exact) mass is 235 g/mol. The number of Topliss-reactive ketones (excluding diaryl/α,β-unsaturated/α-hetero) is 1. The third-order valence-corrected chi connectivity index (χ3v) is 3.54. The molecule has 0 N–H and O–H groups in total. The van der Waals surface area contributed by atoms with Crippen LogP contribution in [0.15, 0.2) is 12.4 Å². The number of hydrogen-bond acceptors (Lipinski definition) is 3. The average molecular weight is 235 g/mol. The fourth-order valence-corrected chi connectivity index (χ4v) is 2.39. The van der Waals surface area contributed by atoms with Crippen LogP contribution >= 0.6 is 0 Å². The quantitative estimate of drug-likeness (QED) is 0.753. The molecule has 4 nitrogen and oxygen atoms in total. The Balaban J connectivity index is 2.08. The molecule has 1 atom stereocenters. The zero-order valence-corrected chi connectivity index (χ0v) is 10.9.